The first-order valence-electron chi connectivity index (χ1n) is 6.92. The van der Waals surface area contributed by atoms with E-state index in [9.17, 15) is 4.79 Å². The number of nitrogens with one attached hydrogen (secondary N) is 1. The van der Waals surface area contributed by atoms with Gasteiger partial charge >= 0.3 is 0 Å². The van der Waals surface area contributed by atoms with Crippen LogP contribution in [0.3, 0.4) is 0 Å². The quantitative estimate of drug-likeness (QED) is 0.787. The lowest BCUT2D eigenvalue weighted by atomic mass is 9.90. The lowest BCUT2D eigenvalue weighted by Gasteiger charge is -2.40. The molecule has 1 aliphatic heterocycles. The first-order valence-corrected chi connectivity index (χ1v) is 6.92. The summed E-state index contributed by atoms with van der Waals surface area (Å²) in [5.74, 6) is 0.282. The molecule has 1 N–H and O–H groups in total. The van der Waals surface area contributed by atoms with E-state index in [1.807, 2.05) is 11.9 Å². The van der Waals surface area contributed by atoms with Crippen molar-refractivity contribution in [2.75, 3.05) is 33.2 Å². The number of piperazine rings is 1. The van der Waals surface area contributed by atoms with Crippen LogP contribution in [-0.4, -0.2) is 61.0 Å². The second-order valence-corrected chi connectivity index (χ2v) is 5.35. The van der Waals surface area contributed by atoms with E-state index in [1.165, 1.54) is 25.7 Å². The van der Waals surface area contributed by atoms with E-state index >= 15 is 0 Å². The van der Waals surface area contributed by atoms with Crippen molar-refractivity contribution in [3.8, 4) is 0 Å². The molecule has 4 nitrogen and oxygen atoms in total. The molecule has 0 unspecified atom stereocenters. The number of hydrogen-bond acceptors (Lipinski definition) is 3. The maximum Gasteiger partial charge on any atom is 0.236 e. The van der Waals surface area contributed by atoms with Crippen LogP contribution in [0.1, 0.15) is 32.6 Å². The highest BCUT2D eigenvalue weighted by Gasteiger charge is 2.29. The number of hydrogen-bond donors (Lipinski definition) is 1. The van der Waals surface area contributed by atoms with Gasteiger partial charge in [-0.15, -0.1) is 0 Å². The van der Waals surface area contributed by atoms with Crippen LogP contribution in [0.15, 0.2) is 0 Å². The summed E-state index contributed by atoms with van der Waals surface area (Å²) in [6.07, 6.45) is 5.02. The van der Waals surface area contributed by atoms with Crippen molar-refractivity contribution in [3.05, 3.63) is 0 Å². The molecular formula is C13H25N3O. The maximum absolute atomic E-state index is 11.7. The molecule has 1 saturated heterocycles. The summed E-state index contributed by atoms with van der Waals surface area (Å²) in [5.41, 5.74) is 0. The number of carbonyl (C=O) groups excluding carboxylic acids is 1. The first kappa shape index (κ1) is 12.8. The van der Waals surface area contributed by atoms with Crippen LogP contribution in [-0.2, 0) is 4.79 Å². The fourth-order valence-electron chi connectivity index (χ4n) is 3.02. The second-order valence-electron chi connectivity index (χ2n) is 5.35. The predicted molar refractivity (Wildman–Crippen MR) is 68.9 cm³/mol. The van der Waals surface area contributed by atoms with Gasteiger partial charge in [-0.05, 0) is 32.2 Å². The molecule has 2 aliphatic rings. The van der Waals surface area contributed by atoms with Crippen molar-refractivity contribution in [1.29, 1.82) is 0 Å². The topological polar surface area (TPSA) is 35.6 Å². The fourth-order valence-corrected chi connectivity index (χ4v) is 3.02. The molecule has 0 aromatic heterocycles. The fraction of sp³-hybridized carbons (Fsp3) is 0.923. The Morgan fingerprint density at radius 1 is 1.24 bits per heavy atom. The zero-order valence-corrected chi connectivity index (χ0v) is 11.1. The van der Waals surface area contributed by atoms with Crippen molar-refractivity contribution in [2.24, 2.45) is 0 Å². The highest BCUT2D eigenvalue weighted by atomic mass is 16.2. The van der Waals surface area contributed by atoms with Crippen molar-refractivity contribution >= 4 is 5.91 Å². The van der Waals surface area contributed by atoms with E-state index in [1.54, 1.807) is 0 Å². The number of carbonyl (C=O) groups is 1. The van der Waals surface area contributed by atoms with Crippen molar-refractivity contribution in [3.63, 3.8) is 0 Å². The van der Waals surface area contributed by atoms with Gasteiger partial charge in [-0.25, -0.2) is 0 Å². The summed E-state index contributed by atoms with van der Waals surface area (Å²) in [5, 5.41) is 3.53. The van der Waals surface area contributed by atoms with Gasteiger partial charge in [0.05, 0.1) is 6.54 Å². The summed E-state index contributed by atoms with van der Waals surface area (Å²) in [4.78, 5) is 15.9. The molecule has 1 saturated carbocycles. The molecular weight excluding hydrogens is 214 g/mol. The van der Waals surface area contributed by atoms with Gasteiger partial charge in [-0.2, -0.15) is 0 Å². The Morgan fingerprint density at radius 2 is 1.94 bits per heavy atom. The molecule has 0 spiro atoms. The van der Waals surface area contributed by atoms with Crippen LogP contribution < -0.4 is 5.32 Å². The van der Waals surface area contributed by atoms with Gasteiger partial charge in [0.2, 0.25) is 5.91 Å². The van der Waals surface area contributed by atoms with Crippen molar-refractivity contribution < 1.29 is 4.79 Å². The van der Waals surface area contributed by atoms with Crippen molar-refractivity contribution in [2.45, 2.75) is 44.7 Å². The summed E-state index contributed by atoms with van der Waals surface area (Å²) in [6, 6.07) is 1.35. The molecule has 0 atom stereocenters. The standard InChI is InChI=1S/C13H25N3O/c1-3-14-11-4-6-12(7-5-11)16-9-8-15(2)13(17)10-16/h11-12,14H,3-10H2,1-2H3. The second kappa shape index (κ2) is 5.83. The van der Waals surface area contributed by atoms with Crippen molar-refractivity contribution in [1.82, 2.24) is 15.1 Å². The Balaban J connectivity index is 1.79. The minimum absolute atomic E-state index is 0.282. The third-order valence-corrected chi connectivity index (χ3v) is 4.19. The molecule has 0 bridgehead atoms. The summed E-state index contributed by atoms with van der Waals surface area (Å²) < 4.78 is 0. The van der Waals surface area contributed by atoms with Crippen LogP contribution in [0.4, 0.5) is 0 Å². The smallest absolute Gasteiger partial charge is 0.236 e. The first-order chi connectivity index (χ1) is 8.20. The molecule has 17 heavy (non-hydrogen) atoms. The third kappa shape index (κ3) is 3.19. The van der Waals surface area contributed by atoms with Crippen LogP contribution in [0, 0.1) is 0 Å². The third-order valence-electron chi connectivity index (χ3n) is 4.19. The Labute approximate surface area is 104 Å². The molecule has 1 aliphatic carbocycles. The SMILES string of the molecule is CCNC1CCC(N2CCN(C)C(=O)C2)CC1. The monoisotopic (exact) mass is 239 g/mol. The maximum atomic E-state index is 11.7. The Hall–Kier alpha value is -0.610. The Morgan fingerprint density at radius 3 is 2.53 bits per heavy atom. The van der Waals surface area contributed by atoms with Gasteiger partial charge in [-0.3, -0.25) is 9.69 Å². The lowest BCUT2D eigenvalue weighted by Crippen LogP contribution is -2.53. The molecule has 98 valence electrons. The summed E-state index contributed by atoms with van der Waals surface area (Å²) >= 11 is 0. The largest absolute Gasteiger partial charge is 0.343 e. The minimum Gasteiger partial charge on any atom is -0.343 e. The number of amides is 1. The van der Waals surface area contributed by atoms with E-state index in [4.69, 9.17) is 0 Å². The van der Waals surface area contributed by atoms with E-state index in [2.05, 4.69) is 17.1 Å². The van der Waals surface area contributed by atoms with E-state index in [0.29, 0.717) is 18.6 Å². The minimum atomic E-state index is 0.282. The number of likely N-dealkylation sites (N-methyl/N-ethyl adjacent to an activating group) is 1. The van der Waals surface area contributed by atoms with Crippen LogP contribution in [0.25, 0.3) is 0 Å². The molecule has 1 amide bonds. The average Bonchev–Trinajstić information content (AvgIpc) is 2.34. The molecule has 4 heteroatoms. The van der Waals surface area contributed by atoms with Gasteiger partial charge in [0.1, 0.15) is 0 Å². The van der Waals surface area contributed by atoms with Crippen LogP contribution in [0.5, 0.6) is 0 Å². The van der Waals surface area contributed by atoms with E-state index in [0.717, 1.165) is 19.6 Å². The Kier molecular flexibility index (Phi) is 4.40. The molecule has 0 aromatic rings. The highest BCUT2D eigenvalue weighted by molar-refractivity contribution is 5.78. The molecule has 0 radical (unpaired) electrons. The molecule has 2 fully saturated rings. The van der Waals surface area contributed by atoms with Gasteiger partial charge in [0.15, 0.2) is 0 Å². The van der Waals surface area contributed by atoms with Crippen LogP contribution in [0.2, 0.25) is 0 Å². The van der Waals surface area contributed by atoms with Gasteiger partial charge in [-0.1, -0.05) is 6.92 Å². The Bertz CT molecular complexity index is 261. The van der Waals surface area contributed by atoms with E-state index in [-0.39, 0.29) is 5.91 Å². The molecule has 0 aromatic carbocycles. The van der Waals surface area contributed by atoms with Crippen LogP contribution >= 0.6 is 0 Å². The predicted octanol–water partition coefficient (Wildman–Crippen LogP) is 0.681. The molecule has 2 rings (SSSR count). The van der Waals surface area contributed by atoms with Gasteiger partial charge in [0, 0.05) is 32.2 Å². The van der Waals surface area contributed by atoms with E-state index < -0.39 is 0 Å². The number of rotatable bonds is 3. The summed E-state index contributed by atoms with van der Waals surface area (Å²) in [7, 11) is 1.90. The zero-order valence-electron chi connectivity index (χ0n) is 11.1. The van der Waals surface area contributed by atoms with Gasteiger partial charge < -0.3 is 10.2 Å². The highest BCUT2D eigenvalue weighted by Crippen LogP contribution is 2.24. The normalized spacial score (nSPS) is 31.9. The van der Waals surface area contributed by atoms with Gasteiger partial charge in [0.25, 0.3) is 0 Å². The molecule has 1 heterocycles. The average molecular weight is 239 g/mol. The summed E-state index contributed by atoms with van der Waals surface area (Å²) in [6.45, 7) is 5.82. The lowest BCUT2D eigenvalue weighted by molar-refractivity contribution is -0.135. The number of nitrogens with zero attached hydrogens (tertiary/aromatic N) is 2. The zero-order chi connectivity index (χ0) is 12.3.